The summed E-state index contributed by atoms with van der Waals surface area (Å²) in [6.07, 6.45) is 1.82. The molecule has 0 unspecified atom stereocenters. The first-order valence-corrected chi connectivity index (χ1v) is 11.1. The summed E-state index contributed by atoms with van der Waals surface area (Å²) in [6.45, 7) is 8.43. The summed E-state index contributed by atoms with van der Waals surface area (Å²) in [5.41, 5.74) is 4.67. The Hall–Kier alpha value is -2.91. The van der Waals surface area contributed by atoms with Gasteiger partial charge in [-0.1, -0.05) is 46.6 Å². The van der Waals surface area contributed by atoms with Crippen molar-refractivity contribution >= 4 is 39.3 Å². The molecule has 10 heteroatoms. The SMILES string of the molecule is Cc1cccc(Cn2cc(Br)c(NC(=O)c3noc(C)c3Cn3nc(C)c(Cl)c3C)n2)c1. The van der Waals surface area contributed by atoms with Crippen molar-refractivity contribution in [3.8, 4) is 0 Å². The first kappa shape index (κ1) is 22.3. The molecule has 0 fully saturated rings. The average Bonchev–Trinajstić information content (AvgIpc) is 3.35. The molecular weight excluding hydrogens is 496 g/mol. The highest BCUT2D eigenvalue weighted by Crippen LogP contribution is 2.25. The van der Waals surface area contributed by atoms with Gasteiger partial charge in [0.25, 0.3) is 5.91 Å². The summed E-state index contributed by atoms with van der Waals surface area (Å²) < 4.78 is 9.48. The molecule has 8 nitrogen and oxygen atoms in total. The maximum absolute atomic E-state index is 13.0. The number of rotatable bonds is 6. The lowest BCUT2D eigenvalue weighted by molar-refractivity contribution is 0.101. The molecule has 0 radical (unpaired) electrons. The predicted octanol–water partition coefficient (Wildman–Crippen LogP) is 5.07. The molecule has 4 rings (SSSR count). The van der Waals surface area contributed by atoms with Gasteiger partial charge in [0.05, 0.1) is 34.0 Å². The van der Waals surface area contributed by atoms with Crippen LogP contribution in [0.4, 0.5) is 5.82 Å². The summed E-state index contributed by atoms with van der Waals surface area (Å²) in [4.78, 5) is 13.0. The molecule has 0 saturated heterocycles. The summed E-state index contributed by atoms with van der Waals surface area (Å²) in [6, 6.07) is 8.20. The number of anilines is 1. The van der Waals surface area contributed by atoms with Crippen LogP contribution < -0.4 is 5.32 Å². The van der Waals surface area contributed by atoms with Crippen LogP contribution >= 0.6 is 27.5 Å². The maximum Gasteiger partial charge on any atom is 0.279 e. The van der Waals surface area contributed by atoms with Crippen molar-refractivity contribution in [3.63, 3.8) is 0 Å². The smallest absolute Gasteiger partial charge is 0.279 e. The minimum absolute atomic E-state index is 0.186. The fraction of sp³-hybridized carbons (Fsp3) is 0.273. The Morgan fingerprint density at radius 1 is 1.19 bits per heavy atom. The van der Waals surface area contributed by atoms with Crippen molar-refractivity contribution in [2.75, 3.05) is 5.32 Å². The van der Waals surface area contributed by atoms with Gasteiger partial charge in [0.1, 0.15) is 5.76 Å². The first-order valence-electron chi connectivity index (χ1n) is 9.97. The molecule has 0 spiro atoms. The summed E-state index contributed by atoms with van der Waals surface area (Å²) >= 11 is 9.73. The second-order valence-electron chi connectivity index (χ2n) is 7.67. The topological polar surface area (TPSA) is 90.8 Å². The number of benzene rings is 1. The Bertz CT molecular complexity index is 1310. The van der Waals surface area contributed by atoms with E-state index in [2.05, 4.69) is 42.7 Å². The van der Waals surface area contributed by atoms with E-state index in [1.54, 1.807) is 16.3 Å². The molecule has 32 heavy (non-hydrogen) atoms. The monoisotopic (exact) mass is 516 g/mol. The average molecular weight is 518 g/mol. The Morgan fingerprint density at radius 3 is 2.66 bits per heavy atom. The molecule has 4 aromatic rings. The third-order valence-corrected chi connectivity index (χ3v) is 6.30. The number of hydrogen-bond acceptors (Lipinski definition) is 5. The van der Waals surface area contributed by atoms with E-state index in [0.717, 1.165) is 17.0 Å². The zero-order chi connectivity index (χ0) is 23.0. The third kappa shape index (κ3) is 4.49. The second kappa shape index (κ2) is 8.91. The molecule has 0 aliphatic heterocycles. The molecule has 3 heterocycles. The van der Waals surface area contributed by atoms with Crippen LogP contribution in [0, 0.1) is 27.7 Å². The molecule has 0 aliphatic rings. The van der Waals surface area contributed by atoms with E-state index in [4.69, 9.17) is 16.1 Å². The number of carbonyl (C=O) groups excluding carboxylic acids is 1. The normalized spacial score (nSPS) is 11.2. The van der Waals surface area contributed by atoms with E-state index in [1.807, 2.05) is 45.2 Å². The number of carbonyl (C=O) groups is 1. The number of halogens is 2. The highest BCUT2D eigenvalue weighted by Gasteiger charge is 2.23. The Morgan fingerprint density at radius 2 is 1.97 bits per heavy atom. The van der Waals surface area contributed by atoms with Crippen molar-refractivity contribution in [1.29, 1.82) is 0 Å². The molecule has 1 N–H and O–H groups in total. The molecule has 1 amide bonds. The van der Waals surface area contributed by atoms with Gasteiger partial charge in [0.15, 0.2) is 11.5 Å². The standard InChI is InChI=1S/C22H22BrClN6O2/c1-12-6-5-7-16(8-12)9-29-11-18(23)21(27-29)25-22(31)20-17(15(4)32-28-20)10-30-14(3)19(24)13(2)26-30/h5-8,11H,9-10H2,1-4H3,(H,25,27,31). The number of nitrogens with zero attached hydrogens (tertiary/aromatic N) is 5. The third-order valence-electron chi connectivity index (χ3n) is 5.18. The molecule has 0 saturated carbocycles. The molecule has 1 aromatic carbocycles. The van der Waals surface area contributed by atoms with Crippen molar-refractivity contribution in [2.24, 2.45) is 0 Å². The van der Waals surface area contributed by atoms with E-state index in [9.17, 15) is 4.79 Å². The quantitative estimate of drug-likeness (QED) is 0.386. The van der Waals surface area contributed by atoms with Crippen LogP contribution in [-0.2, 0) is 13.1 Å². The largest absolute Gasteiger partial charge is 0.361 e. The molecule has 166 valence electrons. The first-order chi connectivity index (χ1) is 15.2. The van der Waals surface area contributed by atoms with Gasteiger partial charge in [-0.05, 0) is 49.2 Å². The lowest BCUT2D eigenvalue weighted by Gasteiger charge is -2.06. The number of hydrogen-bond donors (Lipinski definition) is 1. The molecule has 0 bridgehead atoms. The van der Waals surface area contributed by atoms with Gasteiger partial charge in [-0.2, -0.15) is 10.2 Å². The van der Waals surface area contributed by atoms with Gasteiger partial charge in [-0.3, -0.25) is 14.2 Å². The number of aryl methyl sites for hydroxylation is 3. The van der Waals surface area contributed by atoms with Crippen LogP contribution in [0.15, 0.2) is 39.5 Å². The maximum atomic E-state index is 13.0. The van der Waals surface area contributed by atoms with Crippen LogP contribution in [0.2, 0.25) is 5.02 Å². The van der Waals surface area contributed by atoms with Gasteiger partial charge < -0.3 is 9.84 Å². The Kier molecular flexibility index (Phi) is 6.21. The highest BCUT2D eigenvalue weighted by atomic mass is 79.9. The zero-order valence-corrected chi connectivity index (χ0v) is 20.5. The van der Waals surface area contributed by atoms with Crippen molar-refractivity contribution in [3.05, 3.63) is 79.5 Å². The summed E-state index contributed by atoms with van der Waals surface area (Å²) in [7, 11) is 0. The number of aromatic nitrogens is 5. The Labute approximate surface area is 198 Å². The van der Waals surface area contributed by atoms with Crippen molar-refractivity contribution in [2.45, 2.75) is 40.8 Å². The molecular formula is C22H22BrClN6O2. The fourth-order valence-corrected chi connectivity index (χ4v) is 4.01. The van der Waals surface area contributed by atoms with E-state index in [0.29, 0.717) is 39.7 Å². The summed E-state index contributed by atoms with van der Waals surface area (Å²) in [5.74, 6) is 0.539. The lowest BCUT2D eigenvalue weighted by Crippen LogP contribution is -2.17. The van der Waals surface area contributed by atoms with Crippen LogP contribution in [0.5, 0.6) is 0 Å². The second-order valence-corrected chi connectivity index (χ2v) is 8.91. The van der Waals surface area contributed by atoms with E-state index in [1.165, 1.54) is 5.56 Å². The van der Waals surface area contributed by atoms with Crippen LogP contribution in [0.3, 0.4) is 0 Å². The van der Waals surface area contributed by atoms with E-state index in [-0.39, 0.29) is 5.69 Å². The van der Waals surface area contributed by atoms with E-state index >= 15 is 0 Å². The highest BCUT2D eigenvalue weighted by molar-refractivity contribution is 9.10. The predicted molar refractivity (Wildman–Crippen MR) is 125 cm³/mol. The Balaban J connectivity index is 1.54. The van der Waals surface area contributed by atoms with E-state index < -0.39 is 5.91 Å². The van der Waals surface area contributed by atoms with Crippen LogP contribution in [0.1, 0.15) is 44.3 Å². The van der Waals surface area contributed by atoms with Crippen molar-refractivity contribution in [1.82, 2.24) is 24.7 Å². The van der Waals surface area contributed by atoms with Gasteiger partial charge in [0.2, 0.25) is 0 Å². The molecule has 3 aromatic heterocycles. The fourth-order valence-electron chi connectivity index (χ4n) is 3.46. The molecule has 0 aliphatic carbocycles. The van der Waals surface area contributed by atoms with Gasteiger partial charge in [0, 0.05) is 11.8 Å². The lowest BCUT2D eigenvalue weighted by atomic mass is 10.1. The van der Waals surface area contributed by atoms with Crippen LogP contribution in [-0.4, -0.2) is 30.6 Å². The number of nitrogens with one attached hydrogen (secondary N) is 1. The zero-order valence-electron chi connectivity index (χ0n) is 18.1. The van der Waals surface area contributed by atoms with Crippen LogP contribution in [0.25, 0.3) is 0 Å². The summed E-state index contributed by atoms with van der Waals surface area (Å²) in [5, 5.41) is 16.3. The van der Waals surface area contributed by atoms with Crippen molar-refractivity contribution < 1.29 is 9.32 Å². The number of amides is 1. The minimum Gasteiger partial charge on any atom is -0.361 e. The molecule has 0 atom stereocenters. The van der Waals surface area contributed by atoms with Gasteiger partial charge in [-0.15, -0.1) is 0 Å². The minimum atomic E-state index is -0.411. The van der Waals surface area contributed by atoms with Gasteiger partial charge in [-0.25, -0.2) is 0 Å². The van der Waals surface area contributed by atoms with Gasteiger partial charge >= 0.3 is 0 Å².